The number of esters is 1. The molecule has 0 aromatic carbocycles. The molecule has 0 atom stereocenters. The third-order valence-corrected chi connectivity index (χ3v) is 2.55. The molecule has 0 saturated carbocycles. The van der Waals surface area contributed by atoms with E-state index in [0.717, 1.165) is 4.88 Å². The molecule has 0 saturated heterocycles. The zero-order valence-corrected chi connectivity index (χ0v) is 9.04. The summed E-state index contributed by atoms with van der Waals surface area (Å²) in [5.74, 6) is -0.859. The van der Waals surface area contributed by atoms with Crippen molar-refractivity contribution in [1.29, 1.82) is 0 Å². The van der Waals surface area contributed by atoms with Gasteiger partial charge < -0.3 is 10.5 Å². The van der Waals surface area contributed by atoms with Crippen molar-refractivity contribution in [2.24, 2.45) is 5.73 Å². The lowest BCUT2D eigenvalue weighted by Gasteiger charge is -1.96. The van der Waals surface area contributed by atoms with Gasteiger partial charge in [0.2, 0.25) is 5.91 Å². The number of primary amides is 1. The van der Waals surface area contributed by atoms with Crippen LogP contribution in [-0.2, 0) is 9.53 Å². The molecule has 15 heavy (non-hydrogen) atoms. The Morgan fingerprint density at radius 1 is 1.53 bits per heavy atom. The predicted octanol–water partition coefficient (Wildman–Crippen LogP) is 1.42. The molecule has 4 nitrogen and oxygen atoms in total. The normalized spacial score (nSPS) is 10.5. The molecular formula is C10H11NO3S. The average Bonchev–Trinajstić information content (AvgIpc) is 2.63. The Hall–Kier alpha value is -1.62. The second-order valence-electron chi connectivity index (χ2n) is 2.66. The topological polar surface area (TPSA) is 69.4 Å². The molecule has 1 amide bonds. The number of rotatable bonds is 4. The van der Waals surface area contributed by atoms with Gasteiger partial charge in [0.1, 0.15) is 4.88 Å². The van der Waals surface area contributed by atoms with Crippen LogP contribution in [0.1, 0.15) is 21.5 Å². The van der Waals surface area contributed by atoms with Crippen LogP contribution in [0.5, 0.6) is 0 Å². The second kappa shape index (κ2) is 5.31. The molecule has 1 rings (SSSR count). The molecule has 0 fully saturated rings. The summed E-state index contributed by atoms with van der Waals surface area (Å²) in [7, 11) is 0. The Balaban J connectivity index is 2.72. The van der Waals surface area contributed by atoms with Crippen molar-refractivity contribution >= 4 is 29.3 Å². The van der Waals surface area contributed by atoms with Gasteiger partial charge in [0, 0.05) is 11.0 Å². The Labute approximate surface area is 91.3 Å². The van der Waals surface area contributed by atoms with Crippen LogP contribution in [0.15, 0.2) is 18.2 Å². The molecule has 0 radical (unpaired) electrons. The van der Waals surface area contributed by atoms with Gasteiger partial charge in [-0.15, -0.1) is 11.3 Å². The fourth-order valence-electron chi connectivity index (χ4n) is 0.919. The average molecular weight is 225 g/mol. The first kappa shape index (κ1) is 11.5. The molecule has 5 heteroatoms. The summed E-state index contributed by atoms with van der Waals surface area (Å²) in [6.45, 7) is 2.10. The van der Waals surface area contributed by atoms with Crippen LogP contribution in [0.2, 0.25) is 0 Å². The first-order chi connectivity index (χ1) is 7.13. The van der Waals surface area contributed by atoms with Crippen molar-refractivity contribution < 1.29 is 14.3 Å². The highest BCUT2D eigenvalue weighted by molar-refractivity contribution is 7.14. The summed E-state index contributed by atoms with van der Waals surface area (Å²) in [5, 5.41) is 0. The van der Waals surface area contributed by atoms with Gasteiger partial charge >= 0.3 is 5.97 Å². The Morgan fingerprint density at radius 2 is 2.27 bits per heavy atom. The summed E-state index contributed by atoms with van der Waals surface area (Å²) in [4.78, 5) is 23.0. The molecule has 1 heterocycles. The molecule has 0 aliphatic carbocycles. The maximum Gasteiger partial charge on any atom is 0.348 e. The lowest BCUT2D eigenvalue weighted by Crippen LogP contribution is -2.04. The molecule has 0 aliphatic heterocycles. The van der Waals surface area contributed by atoms with Crippen molar-refractivity contribution in [3.05, 3.63) is 28.0 Å². The quantitative estimate of drug-likeness (QED) is 0.622. The zero-order valence-electron chi connectivity index (χ0n) is 8.23. The maximum absolute atomic E-state index is 11.3. The van der Waals surface area contributed by atoms with Crippen LogP contribution >= 0.6 is 11.3 Å². The molecule has 2 N–H and O–H groups in total. The van der Waals surface area contributed by atoms with Crippen molar-refractivity contribution in [3.63, 3.8) is 0 Å². The molecule has 0 bridgehead atoms. The minimum absolute atomic E-state index is 0.346. The fraction of sp³-hybridized carbons (Fsp3) is 0.200. The summed E-state index contributed by atoms with van der Waals surface area (Å²) < 4.78 is 4.82. The van der Waals surface area contributed by atoms with Crippen LogP contribution in [0.25, 0.3) is 6.08 Å². The SMILES string of the molecule is CCOC(=O)c1ccc(C=CC(N)=O)s1. The van der Waals surface area contributed by atoms with E-state index in [-0.39, 0.29) is 5.97 Å². The summed E-state index contributed by atoms with van der Waals surface area (Å²) in [5.41, 5.74) is 4.94. The summed E-state index contributed by atoms with van der Waals surface area (Å²) >= 11 is 1.25. The van der Waals surface area contributed by atoms with Crippen molar-refractivity contribution in [2.75, 3.05) is 6.61 Å². The van der Waals surface area contributed by atoms with E-state index >= 15 is 0 Å². The van der Waals surface area contributed by atoms with E-state index < -0.39 is 5.91 Å². The lowest BCUT2D eigenvalue weighted by atomic mass is 10.4. The highest BCUT2D eigenvalue weighted by Crippen LogP contribution is 2.18. The van der Waals surface area contributed by atoms with Crippen LogP contribution in [0.4, 0.5) is 0 Å². The van der Waals surface area contributed by atoms with Crippen molar-refractivity contribution in [1.82, 2.24) is 0 Å². The van der Waals surface area contributed by atoms with Gasteiger partial charge in [-0.1, -0.05) is 0 Å². The number of hydrogen-bond acceptors (Lipinski definition) is 4. The first-order valence-electron chi connectivity index (χ1n) is 4.38. The molecule has 0 unspecified atom stereocenters. The Kier molecular flexibility index (Phi) is 4.05. The van der Waals surface area contributed by atoms with Gasteiger partial charge in [-0.25, -0.2) is 4.79 Å². The van der Waals surface area contributed by atoms with E-state index in [4.69, 9.17) is 10.5 Å². The second-order valence-corrected chi connectivity index (χ2v) is 3.77. The number of nitrogens with two attached hydrogens (primary N) is 1. The minimum atomic E-state index is -0.513. The van der Waals surface area contributed by atoms with Gasteiger partial charge in [-0.05, 0) is 25.1 Å². The number of ether oxygens (including phenoxy) is 1. The van der Waals surface area contributed by atoms with E-state index in [9.17, 15) is 9.59 Å². The first-order valence-corrected chi connectivity index (χ1v) is 5.19. The highest BCUT2D eigenvalue weighted by atomic mass is 32.1. The third-order valence-electron chi connectivity index (χ3n) is 1.52. The standard InChI is InChI=1S/C10H11NO3S/c1-2-14-10(13)8-5-3-7(15-8)4-6-9(11)12/h3-6H,2H2,1H3,(H2,11,12). The van der Waals surface area contributed by atoms with E-state index in [1.807, 2.05) is 0 Å². The van der Waals surface area contributed by atoms with Gasteiger partial charge in [-0.2, -0.15) is 0 Å². The third kappa shape index (κ3) is 3.55. The summed E-state index contributed by atoms with van der Waals surface area (Å²) in [6, 6.07) is 3.39. The molecule has 0 spiro atoms. The zero-order chi connectivity index (χ0) is 11.3. The van der Waals surface area contributed by atoms with Crippen molar-refractivity contribution in [2.45, 2.75) is 6.92 Å². The Bertz CT molecular complexity index is 395. The largest absolute Gasteiger partial charge is 0.462 e. The fourth-order valence-corrected chi connectivity index (χ4v) is 1.72. The monoisotopic (exact) mass is 225 g/mol. The molecule has 80 valence electrons. The van der Waals surface area contributed by atoms with E-state index in [1.165, 1.54) is 17.4 Å². The number of hydrogen-bond donors (Lipinski definition) is 1. The van der Waals surface area contributed by atoms with E-state index in [2.05, 4.69) is 0 Å². The molecule has 1 aromatic rings. The minimum Gasteiger partial charge on any atom is -0.462 e. The van der Waals surface area contributed by atoms with Gasteiger partial charge in [-0.3, -0.25) is 4.79 Å². The number of carbonyl (C=O) groups excluding carboxylic acids is 2. The summed E-state index contributed by atoms with van der Waals surface area (Å²) in [6.07, 6.45) is 2.82. The van der Waals surface area contributed by atoms with Crippen LogP contribution in [0, 0.1) is 0 Å². The molecular weight excluding hydrogens is 214 g/mol. The van der Waals surface area contributed by atoms with Crippen LogP contribution < -0.4 is 5.73 Å². The number of carbonyl (C=O) groups is 2. The maximum atomic E-state index is 11.3. The van der Waals surface area contributed by atoms with Crippen LogP contribution in [0.3, 0.4) is 0 Å². The number of amides is 1. The van der Waals surface area contributed by atoms with E-state index in [0.29, 0.717) is 11.5 Å². The lowest BCUT2D eigenvalue weighted by molar-refractivity contribution is -0.113. The Morgan fingerprint density at radius 3 is 2.87 bits per heavy atom. The predicted molar refractivity (Wildman–Crippen MR) is 58.5 cm³/mol. The molecule has 0 aliphatic rings. The molecule has 1 aromatic heterocycles. The highest BCUT2D eigenvalue weighted by Gasteiger charge is 2.08. The van der Waals surface area contributed by atoms with E-state index in [1.54, 1.807) is 25.1 Å². The van der Waals surface area contributed by atoms with Crippen molar-refractivity contribution in [3.8, 4) is 0 Å². The van der Waals surface area contributed by atoms with Gasteiger partial charge in [0.15, 0.2) is 0 Å². The van der Waals surface area contributed by atoms with Crippen LogP contribution in [-0.4, -0.2) is 18.5 Å². The van der Waals surface area contributed by atoms with Gasteiger partial charge in [0.05, 0.1) is 6.61 Å². The smallest absolute Gasteiger partial charge is 0.348 e. The number of thiophene rings is 1. The van der Waals surface area contributed by atoms with Gasteiger partial charge in [0.25, 0.3) is 0 Å².